The van der Waals surface area contributed by atoms with E-state index in [0.29, 0.717) is 0 Å². The van der Waals surface area contributed by atoms with Gasteiger partial charge in [-0.3, -0.25) is 9.98 Å². The second-order valence-corrected chi connectivity index (χ2v) is 5.36. The van der Waals surface area contributed by atoms with Crippen LogP contribution < -0.4 is 0 Å². The van der Waals surface area contributed by atoms with E-state index in [4.69, 9.17) is 0 Å². The van der Waals surface area contributed by atoms with Crippen LogP contribution >= 0.6 is 0 Å². The lowest BCUT2D eigenvalue weighted by Crippen LogP contribution is -2.01. The Hall–Kier alpha value is -2.48. The van der Waals surface area contributed by atoms with Crippen molar-refractivity contribution in [1.82, 2.24) is 4.98 Å². The minimum atomic E-state index is 0.201. The molecule has 0 aliphatic heterocycles. The van der Waals surface area contributed by atoms with E-state index in [9.17, 15) is 0 Å². The Morgan fingerprint density at radius 1 is 1.32 bits per heavy atom. The molecule has 0 saturated carbocycles. The Labute approximate surface area is 133 Å². The number of aromatic nitrogens is 1. The van der Waals surface area contributed by atoms with Gasteiger partial charge in [-0.2, -0.15) is 0 Å². The second kappa shape index (κ2) is 7.51. The van der Waals surface area contributed by atoms with Crippen LogP contribution in [0, 0.1) is 5.92 Å². The van der Waals surface area contributed by atoms with Crippen molar-refractivity contribution in [2.24, 2.45) is 10.9 Å². The lowest BCUT2D eigenvalue weighted by molar-refractivity contribution is 0.911. The first-order chi connectivity index (χ1) is 10.7. The Balaban J connectivity index is 2.44. The molecule has 1 aromatic rings. The molecule has 1 aliphatic rings. The molecule has 1 heterocycles. The van der Waals surface area contributed by atoms with Crippen molar-refractivity contribution in [3.05, 3.63) is 83.9 Å². The van der Waals surface area contributed by atoms with E-state index in [-0.39, 0.29) is 5.92 Å². The summed E-state index contributed by atoms with van der Waals surface area (Å²) in [6, 6.07) is 4.05. The summed E-state index contributed by atoms with van der Waals surface area (Å²) in [5.74, 6) is 0.201. The Morgan fingerprint density at radius 2 is 2.14 bits per heavy atom. The van der Waals surface area contributed by atoms with Crippen LogP contribution in [0.3, 0.4) is 0 Å². The van der Waals surface area contributed by atoms with E-state index >= 15 is 0 Å². The van der Waals surface area contributed by atoms with Crippen LogP contribution in [0.5, 0.6) is 0 Å². The standard InChI is InChI=1S/C20H22N2/c1-5-17(13-21-6-2)20-11-15(3)10-19(12-16(20)4)18-8-7-9-22-14-18/h5-14,20H,1H2,2-4H3/b17-13+,21-6?. The molecule has 112 valence electrons. The van der Waals surface area contributed by atoms with Gasteiger partial charge >= 0.3 is 0 Å². The van der Waals surface area contributed by atoms with Crippen molar-refractivity contribution in [2.75, 3.05) is 0 Å². The number of aliphatic imine (C=N–C) groups is 1. The minimum absolute atomic E-state index is 0.201. The topological polar surface area (TPSA) is 25.2 Å². The van der Waals surface area contributed by atoms with Crippen LogP contribution in [0.2, 0.25) is 0 Å². The van der Waals surface area contributed by atoms with E-state index < -0.39 is 0 Å². The van der Waals surface area contributed by atoms with Gasteiger partial charge in [-0.25, -0.2) is 0 Å². The number of pyridine rings is 1. The molecule has 0 radical (unpaired) electrons. The predicted octanol–water partition coefficient (Wildman–Crippen LogP) is 5.15. The van der Waals surface area contributed by atoms with Gasteiger partial charge < -0.3 is 0 Å². The van der Waals surface area contributed by atoms with Gasteiger partial charge in [0.2, 0.25) is 0 Å². The monoisotopic (exact) mass is 290 g/mol. The first-order valence-electron chi connectivity index (χ1n) is 7.44. The number of rotatable bonds is 4. The lowest BCUT2D eigenvalue weighted by Gasteiger charge is -2.14. The highest BCUT2D eigenvalue weighted by Crippen LogP contribution is 2.31. The molecule has 1 aliphatic carbocycles. The first kappa shape index (κ1) is 15.9. The Bertz CT molecular complexity index is 686. The molecule has 0 amide bonds. The number of allylic oxidation sites excluding steroid dienone is 8. The third kappa shape index (κ3) is 3.79. The molecule has 2 nitrogen and oxygen atoms in total. The molecule has 1 aromatic heterocycles. The molecule has 0 bridgehead atoms. The molecule has 0 spiro atoms. The maximum atomic E-state index is 4.24. The fraction of sp³-hybridized carbons (Fsp3) is 0.200. The lowest BCUT2D eigenvalue weighted by atomic mass is 9.90. The summed E-state index contributed by atoms with van der Waals surface area (Å²) in [5, 5.41) is 0. The highest BCUT2D eigenvalue weighted by atomic mass is 14.7. The average molecular weight is 290 g/mol. The fourth-order valence-corrected chi connectivity index (χ4v) is 2.54. The van der Waals surface area contributed by atoms with Crippen molar-refractivity contribution in [3.63, 3.8) is 0 Å². The maximum Gasteiger partial charge on any atom is 0.0346 e. The van der Waals surface area contributed by atoms with Crippen LogP contribution in [-0.2, 0) is 0 Å². The van der Waals surface area contributed by atoms with Gasteiger partial charge in [-0.1, -0.05) is 48.1 Å². The molecule has 2 rings (SSSR count). The normalized spacial score (nSPS) is 19.3. The number of nitrogens with zero attached hydrogens (tertiary/aromatic N) is 2. The third-order valence-electron chi connectivity index (χ3n) is 3.65. The van der Waals surface area contributed by atoms with Crippen molar-refractivity contribution < 1.29 is 0 Å². The van der Waals surface area contributed by atoms with Crippen molar-refractivity contribution in [1.29, 1.82) is 0 Å². The number of hydrogen-bond donors (Lipinski definition) is 0. The Kier molecular flexibility index (Phi) is 5.42. The number of hydrogen-bond acceptors (Lipinski definition) is 2. The van der Waals surface area contributed by atoms with Crippen LogP contribution in [-0.4, -0.2) is 11.2 Å². The second-order valence-electron chi connectivity index (χ2n) is 5.36. The highest BCUT2D eigenvalue weighted by molar-refractivity contribution is 5.77. The van der Waals surface area contributed by atoms with Gasteiger partial charge in [0.15, 0.2) is 0 Å². The van der Waals surface area contributed by atoms with Gasteiger partial charge in [0.1, 0.15) is 0 Å². The zero-order valence-electron chi connectivity index (χ0n) is 13.5. The Morgan fingerprint density at radius 3 is 2.77 bits per heavy atom. The van der Waals surface area contributed by atoms with E-state index in [1.54, 1.807) is 12.4 Å². The summed E-state index contributed by atoms with van der Waals surface area (Å²) in [7, 11) is 0. The molecule has 1 atom stereocenters. The summed E-state index contributed by atoms with van der Waals surface area (Å²) >= 11 is 0. The van der Waals surface area contributed by atoms with Gasteiger partial charge in [-0.15, -0.1) is 0 Å². The van der Waals surface area contributed by atoms with Crippen molar-refractivity contribution >= 4 is 11.8 Å². The third-order valence-corrected chi connectivity index (χ3v) is 3.65. The van der Waals surface area contributed by atoms with E-state index in [2.05, 4.69) is 54.7 Å². The highest BCUT2D eigenvalue weighted by Gasteiger charge is 2.15. The predicted molar refractivity (Wildman–Crippen MR) is 95.7 cm³/mol. The van der Waals surface area contributed by atoms with Gasteiger partial charge in [0.25, 0.3) is 0 Å². The molecule has 0 fully saturated rings. The molecule has 0 saturated heterocycles. The van der Waals surface area contributed by atoms with Gasteiger partial charge in [0.05, 0.1) is 0 Å². The molecule has 2 heteroatoms. The molecular weight excluding hydrogens is 268 g/mol. The molecule has 22 heavy (non-hydrogen) atoms. The zero-order chi connectivity index (χ0) is 15.9. The summed E-state index contributed by atoms with van der Waals surface area (Å²) in [5.41, 5.74) is 5.91. The summed E-state index contributed by atoms with van der Waals surface area (Å²) < 4.78 is 0. The fourth-order valence-electron chi connectivity index (χ4n) is 2.54. The smallest absolute Gasteiger partial charge is 0.0346 e. The minimum Gasteiger partial charge on any atom is -0.269 e. The quantitative estimate of drug-likeness (QED) is 0.556. The van der Waals surface area contributed by atoms with Crippen LogP contribution in [0.25, 0.3) is 5.57 Å². The van der Waals surface area contributed by atoms with Gasteiger partial charge in [0, 0.05) is 30.7 Å². The summed E-state index contributed by atoms with van der Waals surface area (Å²) in [6.07, 6.45) is 15.9. The summed E-state index contributed by atoms with van der Waals surface area (Å²) in [6.45, 7) is 10.1. The summed E-state index contributed by atoms with van der Waals surface area (Å²) in [4.78, 5) is 8.46. The van der Waals surface area contributed by atoms with Crippen LogP contribution in [0.1, 0.15) is 26.3 Å². The molecular formula is C20H22N2. The van der Waals surface area contributed by atoms with Crippen molar-refractivity contribution in [3.8, 4) is 0 Å². The van der Waals surface area contributed by atoms with Crippen LogP contribution in [0.4, 0.5) is 0 Å². The van der Waals surface area contributed by atoms with Crippen LogP contribution in [0.15, 0.2) is 83.3 Å². The van der Waals surface area contributed by atoms with E-state index in [1.165, 1.54) is 16.7 Å². The largest absolute Gasteiger partial charge is 0.269 e. The zero-order valence-corrected chi connectivity index (χ0v) is 13.5. The maximum absolute atomic E-state index is 4.24. The molecule has 0 N–H and O–H groups in total. The molecule has 0 aromatic carbocycles. The molecule has 1 unspecified atom stereocenters. The SMILES string of the molecule is C=C/C(=C\N=CC)C1C=C(C)C=C(c2cccnc2)C=C1C. The van der Waals surface area contributed by atoms with E-state index in [1.807, 2.05) is 31.5 Å². The average Bonchev–Trinajstić information content (AvgIpc) is 2.68. The first-order valence-corrected chi connectivity index (χ1v) is 7.44. The van der Waals surface area contributed by atoms with Crippen molar-refractivity contribution in [2.45, 2.75) is 20.8 Å². The van der Waals surface area contributed by atoms with Gasteiger partial charge in [-0.05, 0) is 43.5 Å². The van der Waals surface area contributed by atoms with E-state index in [0.717, 1.165) is 11.1 Å².